The number of H-pyrrole nitrogens is 1. The van der Waals surface area contributed by atoms with Gasteiger partial charge in [0, 0.05) is 37.4 Å². The number of carbonyl (C=O) groups excluding carboxylic acids is 2. The van der Waals surface area contributed by atoms with Crippen LogP contribution in [0.15, 0.2) is 33.9 Å². The third-order valence-corrected chi connectivity index (χ3v) is 5.62. The first kappa shape index (κ1) is 24.2. The summed E-state index contributed by atoms with van der Waals surface area (Å²) in [6.45, 7) is 6.29. The van der Waals surface area contributed by atoms with E-state index in [0.29, 0.717) is 11.6 Å². The van der Waals surface area contributed by atoms with E-state index in [-0.39, 0.29) is 54.5 Å². The number of methoxy groups -OCH3 is 1. The lowest BCUT2D eigenvalue weighted by Crippen LogP contribution is -2.42. The summed E-state index contributed by atoms with van der Waals surface area (Å²) in [4.78, 5) is 54.3. The number of aromatic nitrogens is 2. The predicted octanol–water partition coefficient (Wildman–Crippen LogP) is 1.66. The fourth-order valence-corrected chi connectivity index (χ4v) is 3.69. The molecule has 0 saturated heterocycles. The van der Waals surface area contributed by atoms with Gasteiger partial charge in [-0.05, 0) is 36.5 Å². The molecule has 1 fully saturated rings. The smallest absolute Gasteiger partial charge is 0.330 e. The van der Waals surface area contributed by atoms with Crippen LogP contribution in [-0.2, 0) is 16.1 Å². The summed E-state index contributed by atoms with van der Waals surface area (Å²) < 4.78 is 6.38. The summed E-state index contributed by atoms with van der Waals surface area (Å²) in [7, 11) is 1.48. The van der Waals surface area contributed by atoms with Gasteiger partial charge in [-0.2, -0.15) is 0 Å². The van der Waals surface area contributed by atoms with Crippen LogP contribution in [0.3, 0.4) is 0 Å². The Kier molecular flexibility index (Phi) is 7.37. The van der Waals surface area contributed by atoms with E-state index in [4.69, 9.17) is 10.5 Å². The van der Waals surface area contributed by atoms with Gasteiger partial charge in [0.2, 0.25) is 5.91 Å². The number of carbonyl (C=O) groups is 2. The second-order valence-electron chi connectivity index (χ2n) is 8.84. The number of rotatable bonds is 9. The molecular formula is C23H31N5O5. The fraction of sp³-hybridized carbons (Fsp3) is 0.478. The number of ether oxygens (including phenoxy) is 1. The number of nitrogens with zero attached hydrogens (tertiary/aromatic N) is 2. The van der Waals surface area contributed by atoms with Gasteiger partial charge < -0.3 is 15.8 Å². The molecule has 2 unspecified atom stereocenters. The normalized spacial score (nSPS) is 17.1. The van der Waals surface area contributed by atoms with Crippen molar-refractivity contribution in [1.29, 1.82) is 0 Å². The highest BCUT2D eigenvalue weighted by Gasteiger charge is 2.39. The molecule has 0 radical (unpaired) electrons. The van der Waals surface area contributed by atoms with Crippen molar-refractivity contribution < 1.29 is 14.3 Å². The maximum absolute atomic E-state index is 13.5. The van der Waals surface area contributed by atoms with E-state index >= 15 is 0 Å². The first-order chi connectivity index (χ1) is 15.6. The number of hydrogen-bond acceptors (Lipinski definition) is 6. The Bertz CT molecular complexity index is 1150. The highest BCUT2D eigenvalue weighted by molar-refractivity contribution is 6.08. The molecule has 1 aliphatic rings. The molecule has 10 nitrogen and oxygen atoms in total. The molecule has 1 aromatic heterocycles. The average Bonchev–Trinajstić information content (AvgIpc) is 3.49. The molecule has 3 rings (SSSR count). The zero-order chi connectivity index (χ0) is 24.3. The standard InChI is InChI=1S/C23H31N5O5/c1-13(2)12-28-19(24)18(21(30)26-23(28)32)27(8-9-33-4)22(31)15-6-5-7-16(11-15)25-20(29)17-10-14(17)3/h5-7,11,13-14,17H,8-10,12,24H2,1-4H3,(H,25,29)(H,26,30,32). The molecule has 2 amide bonds. The van der Waals surface area contributed by atoms with E-state index in [2.05, 4.69) is 10.3 Å². The van der Waals surface area contributed by atoms with E-state index in [1.165, 1.54) is 16.6 Å². The summed E-state index contributed by atoms with van der Waals surface area (Å²) in [6, 6.07) is 6.50. The molecule has 4 N–H and O–H groups in total. The SMILES string of the molecule is COCCN(C(=O)c1cccc(NC(=O)C2CC2C)c1)c1c(N)n(CC(C)C)c(=O)[nH]c1=O. The minimum absolute atomic E-state index is 0.0112. The van der Waals surface area contributed by atoms with Gasteiger partial charge in [0.15, 0.2) is 5.69 Å². The average molecular weight is 458 g/mol. The molecule has 0 bridgehead atoms. The number of nitrogens with two attached hydrogens (primary N) is 1. The number of nitrogen functional groups attached to an aromatic ring is 1. The molecule has 33 heavy (non-hydrogen) atoms. The monoisotopic (exact) mass is 457 g/mol. The van der Waals surface area contributed by atoms with Crippen LogP contribution in [0.2, 0.25) is 0 Å². The number of anilines is 3. The molecule has 1 saturated carbocycles. The van der Waals surface area contributed by atoms with Gasteiger partial charge in [0.25, 0.3) is 11.5 Å². The molecule has 0 aliphatic heterocycles. The van der Waals surface area contributed by atoms with Gasteiger partial charge in [-0.1, -0.05) is 26.8 Å². The zero-order valence-electron chi connectivity index (χ0n) is 19.4. The lowest BCUT2D eigenvalue weighted by atomic mass is 10.1. The van der Waals surface area contributed by atoms with Crippen LogP contribution in [0.25, 0.3) is 0 Å². The summed E-state index contributed by atoms with van der Waals surface area (Å²) in [5.74, 6) is -0.242. The molecule has 1 aromatic carbocycles. The van der Waals surface area contributed by atoms with E-state index in [1.807, 2.05) is 20.8 Å². The van der Waals surface area contributed by atoms with Crippen LogP contribution in [-0.4, -0.2) is 41.6 Å². The van der Waals surface area contributed by atoms with Gasteiger partial charge in [0.05, 0.1) is 6.61 Å². The third-order valence-electron chi connectivity index (χ3n) is 5.62. The Morgan fingerprint density at radius 1 is 1.33 bits per heavy atom. The highest BCUT2D eigenvalue weighted by atomic mass is 16.5. The van der Waals surface area contributed by atoms with E-state index in [0.717, 1.165) is 6.42 Å². The van der Waals surface area contributed by atoms with Gasteiger partial charge in [-0.25, -0.2) is 4.79 Å². The molecule has 2 atom stereocenters. The van der Waals surface area contributed by atoms with Crippen molar-refractivity contribution >= 4 is 29.0 Å². The summed E-state index contributed by atoms with van der Waals surface area (Å²) >= 11 is 0. The van der Waals surface area contributed by atoms with Gasteiger partial charge in [0.1, 0.15) is 5.82 Å². The van der Waals surface area contributed by atoms with Crippen LogP contribution in [0.1, 0.15) is 37.6 Å². The van der Waals surface area contributed by atoms with Crippen molar-refractivity contribution in [2.75, 3.05) is 36.2 Å². The fourth-order valence-electron chi connectivity index (χ4n) is 3.69. The van der Waals surface area contributed by atoms with E-state index in [1.54, 1.807) is 24.3 Å². The van der Waals surface area contributed by atoms with Crippen molar-refractivity contribution in [3.8, 4) is 0 Å². The molecule has 10 heteroatoms. The molecule has 0 spiro atoms. The van der Waals surface area contributed by atoms with Gasteiger partial charge >= 0.3 is 5.69 Å². The van der Waals surface area contributed by atoms with Crippen molar-refractivity contribution in [2.45, 2.75) is 33.7 Å². The van der Waals surface area contributed by atoms with Crippen LogP contribution < -0.4 is 27.2 Å². The predicted molar refractivity (Wildman–Crippen MR) is 126 cm³/mol. The zero-order valence-corrected chi connectivity index (χ0v) is 19.4. The van der Waals surface area contributed by atoms with Crippen LogP contribution >= 0.6 is 0 Å². The Hall–Kier alpha value is -3.40. The maximum atomic E-state index is 13.5. The molecule has 178 valence electrons. The number of nitrogens with one attached hydrogen (secondary N) is 2. The minimum Gasteiger partial charge on any atom is -0.383 e. The molecule has 2 aromatic rings. The second-order valence-corrected chi connectivity index (χ2v) is 8.84. The minimum atomic E-state index is -0.755. The summed E-state index contributed by atoms with van der Waals surface area (Å²) in [5.41, 5.74) is 5.47. The van der Waals surface area contributed by atoms with Crippen molar-refractivity contribution in [3.05, 3.63) is 50.7 Å². The number of amides is 2. The Labute approximate surface area is 191 Å². The van der Waals surface area contributed by atoms with Gasteiger partial charge in [-0.15, -0.1) is 0 Å². The number of benzene rings is 1. The molecule has 1 aliphatic carbocycles. The van der Waals surface area contributed by atoms with Crippen LogP contribution in [0.4, 0.5) is 17.2 Å². The second kappa shape index (κ2) is 10.0. The number of aromatic amines is 1. The lowest BCUT2D eigenvalue weighted by molar-refractivity contribution is -0.117. The van der Waals surface area contributed by atoms with Gasteiger partial charge in [-0.3, -0.25) is 28.8 Å². The van der Waals surface area contributed by atoms with E-state index in [9.17, 15) is 19.2 Å². The first-order valence-electron chi connectivity index (χ1n) is 11.0. The lowest BCUT2D eigenvalue weighted by Gasteiger charge is -2.25. The maximum Gasteiger partial charge on any atom is 0.330 e. The summed E-state index contributed by atoms with van der Waals surface area (Å²) in [5, 5.41) is 2.84. The van der Waals surface area contributed by atoms with Crippen LogP contribution in [0.5, 0.6) is 0 Å². The van der Waals surface area contributed by atoms with Crippen molar-refractivity contribution in [2.24, 2.45) is 17.8 Å². The first-order valence-corrected chi connectivity index (χ1v) is 11.0. The third kappa shape index (κ3) is 5.51. The Morgan fingerprint density at radius 3 is 2.64 bits per heavy atom. The Morgan fingerprint density at radius 2 is 2.03 bits per heavy atom. The molecular weight excluding hydrogens is 426 g/mol. The van der Waals surface area contributed by atoms with Crippen LogP contribution in [0, 0.1) is 17.8 Å². The molecule has 1 heterocycles. The topological polar surface area (TPSA) is 140 Å². The number of hydrogen-bond donors (Lipinski definition) is 3. The van der Waals surface area contributed by atoms with Crippen molar-refractivity contribution in [1.82, 2.24) is 9.55 Å². The summed E-state index contributed by atoms with van der Waals surface area (Å²) in [6.07, 6.45) is 0.851. The van der Waals surface area contributed by atoms with E-state index < -0.39 is 17.2 Å². The highest BCUT2D eigenvalue weighted by Crippen LogP contribution is 2.38. The quantitative estimate of drug-likeness (QED) is 0.523. The largest absolute Gasteiger partial charge is 0.383 e. The Balaban J connectivity index is 1.98. The van der Waals surface area contributed by atoms with Crippen molar-refractivity contribution in [3.63, 3.8) is 0 Å².